The molecule has 0 aliphatic heterocycles. The number of benzene rings is 3. The van der Waals surface area contributed by atoms with E-state index in [0.29, 0.717) is 13.2 Å². The Morgan fingerprint density at radius 3 is 2.36 bits per heavy atom. The first-order valence-electron chi connectivity index (χ1n) is 7.72. The molecule has 0 saturated heterocycles. The highest BCUT2D eigenvalue weighted by Gasteiger charge is 2.20. The predicted octanol–water partition coefficient (Wildman–Crippen LogP) is 4.97. The van der Waals surface area contributed by atoms with Gasteiger partial charge in [-0.15, -0.1) is 0 Å². The van der Waals surface area contributed by atoms with Gasteiger partial charge in [-0.3, -0.25) is 0 Å². The Morgan fingerprint density at radius 1 is 0.682 bits per heavy atom. The lowest BCUT2D eigenvalue weighted by atomic mass is 10.0. The average molecular weight is 286 g/mol. The van der Waals surface area contributed by atoms with Gasteiger partial charge in [0.15, 0.2) is 0 Å². The van der Waals surface area contributed by atoms with E-state index in [4.69, 9.17) is 4.74 Å². The first-order chi connectivity index (χ1) is 10.9. The third-order valence-corrected chi connectivity index (χ3v) is 4.32. The molecule has 108 valence electrons. The molecular formula is C21H18O. The summed E-state index contributed by atoms with van der Waals surface area (Å²) in [6.07, 6.45) is 1.02. The lowest BCUT2D eigenvalue weighted by Gasteiger charge is -2.09. The maximum absolute atomic E-state index is 5.93. The van der Waals surface area contributed by atoms with Gasteiger partial charge >= 0.3 is 0 Å². The van der Waals surface area contributed by atoms with Crippen LogP contribution in [0, 0.1) is 0 Å². The largest absolute Gasteiger partial charge is 0.372 e. The van der Waals surface area contributed by atoms with Crippen LogP contribution in [0.2, 0.25) is 0 Å². The topological polar surface area (TPSA) is 9.23 Å². The second-order valence-corrected chi connectivity index (χ2v) is 5.76. The Labute approximate surface area is 131 Å². The van der Waals surface area contributed by atoms with E-state index in [1.54, 1.807) is 0 Å². The van der Waals surface area contributed by atoms with Crippen LogP contribution < -0.4 is 0 Å². The number of ether oxygens (including phenoxy) is 1. The molecule has 0 spiro atoms. The van der Waals surface area contributed by atoms with Gasteiger partial charge < -0.3 is 4.74 Å². The minimum Gasteiger partial charge on any atom is -0.372 e. The Morgan fingerprint density at radius 2 is 1.45 bits per heavy atom. The Balaban J connectivity index is 1.53. The lowest BCUT2D eigenvalue weighted by Crippen LogP contribution is -1.98. The lowest BCUT2D eigenvalue weighted by molar-refractivity contribution is 0.107. The Bertz CT molecular complexity index is 790. The molecule has 0 radical (unpaired) electrons. The highest BCUT2D eigenvalue weighted by Crippen LogP contribution is 2.38. The summed E-state index contributed by atoms with van der Waals surface area (Å²) in [4.78, 5) is 0. The summed E-state index contributed by atoms with van der Waals surface area (Å²) < 4.78 is 5.93. The van der Waals surface area contributed by atoms with Gasteiger partial charge in [-0.05, 0) is 39.8 Å². The molecule has 1 aliphatic rings. The van der Waals surface area contributed by atoms with Crippen molar-refractivity contribution in [3.63, 3.8) is 0 Å². The van der Waals surface area contributed by atoms with E-state index >= 15 is 0 Å². The van der Waals surface area contributed by atoms with Gasteiger partial charge in [0.2, 0.25) is 0 Å². The summed E-state index contributed by atoms with van der Waals surface area (Å²) in [7, 11) is 0. The minimum atomic E-state index is 0.664. The van der Waals surface area contributed by atoms with Crippen LogP contribution in [0.3, 0.4) is 0 Å². The molecule has 0 N–H and O–H groups in total. The fourth-order valence-electron chi connectivity index (χ4n) is 3.21. The molecule has 0 bridgehead atoms. The van der Waals surface area contributed by atoms with Gasteiger partial charge in [0.1, 0.15) is 0 Å². The first kappa shape index (κ1) is 13.3. The van der Waals surface area contributed by atoms with Gasteiger partial charge in [-0.1, -0.05) is 72.8 Å². The molecule has 0 amide bonds. The van der Waals surface area contributed by atoms with Crippen molar-refractivity contribution in [2.75, 3.05) is 0 Å². The smallest absolute Gasteiger partial charge is 0.0724 e. The standard InChI is InChI=1S/C21H18O/c1-2-7-16(8-3-1)14-22-15-18-10-6-12-20-19-11-5-4-9-17(19)13-21(18)20/h1-12H,13-15H2. The van der Waals surface area contributed by atoms with E-state index in [0.717, 1.165) is 6.42 Å². The second kappa shape index (κ2) is 5.78. The van der Waals surface area contributed by atoms with Crippen LogP contribution in [0.1, 0.15) is 22.3 Å². The molecular weight excluding hydrogens is 268 g/mol. The van der Waals surface area contributed by atoms with Crippen LogP contribution in [0.4, 0.5) is 0 Å². The number of rotatable bonds is 4. The molecule has 0 fully saturated rings. The van der Waals surface area contributed by atoms with Crippen molar-refractivity contribution in [2.45, 2.75) is 19.6 Å². The zero-order chi connectivity index (χ0) is 14.8. The molecule has 0 heterocycles. The summed E-state index contributed by atoms with van der Waals surface area (Å²) in [5.74, 6) is 0. The molecule has 4 rings (SSSR count). The minimum absolute atomic E-state index is 0.664. The van der Waals surface area contributed by atoms with Gasteiger partial charge in [-0.2, -0.15) is 0 Å². The van der Waals surface area contributed by atoms with Crippen LogP contribution in [0.5, 0.6) is 0 Å². The van der Waals surface area contributed by atoms with E-state index in [9.17, 15) is 0 Å². The fourth-order valence-corrected chi connectivity index (χ4v) is 3.21. The van der Waals surface area contributed by atoms with Crippen molar-refractivity contribution >= 4 is 0 Å². The van der Waals surface area contributed by atoms with Crippen molar-refractivity contribution in [2.24, 2.45) is 0 Å². The third kappa shape index (κ3) is 2.44. The number of fused-ring (bicyclic) bond motifs is 3. The molecule has 3 aromatic carbocycles. The summed E-state index contributed by atoms with van der Waals surface area (Å²) in [6, 6.07) is 25.6. The van der Waals surface area contributed by atoms with Gasteiger partial charge in [0.25, 0.3) is 0 Å². The molecule has 3 aromatic rings. The number of hydrogen-bond donors (Lipinski definition) is 0. The van der Waals surface area contributed by atoms with E-state index < -0.39 is 0 Å². The van der Waals surface area contributed by atoms with E-state index in [-0.39, 0.29) is 0 Å². The Kier molecular flexibility index (Phi) is 3.49. The average Bonchev–Trinajstić information content (AvgIpc) is 2.96. The monoisotopic (exact) mass is 286 g/mol. The van der Waals surface area contributed by atoms with Crippen LogP contribution >= 0.6 is 0 Å². The molecule has 0 saturated carbocycles. The zero-order valence-corrected chi connectivity index (χ0v) is 12.5. The van der Waals surface area contributed by atoms with Crippen molar-refractivity contribution in [3.05, 3.63) is 95.1 Å². The SMILES string of the molecule is c1ccc(COCc2cccc3c2Cc2ccccc2-3)cc1. The molecule has 1 heteroatoms. The Hall–Kier alpha value is -2.38. The van der Waals surface area contributed by atoms with Crippen molar-refractivity contribution < 1.29 is 4.74 Å². The molecule has 0 aromatic heterocycles. The van der Waals surface area contributed by atoms with Crippen molar-refractivity contribution in [1.82, 2.24) is 0 Å². The predicted molar refractivity (Wildman–Crippen MR) is 89.6 cm³/mol. The van der Waals surface area contributed by atoms with Crippen LogP contribution in [0.15, 0.2) is 72.8 Å². The van der Waals surface area contributed by atoms with Gasteiger partial charge in [0.05, 0.1) is 13.2 Å². The summed E-state index contributed by atoms with van der Waals surface area (Å²) in [5.41, 5.74) is 8.13. The van der Waals surface area contributed by atoms with Gasteiger partial charge in [-0.25, -0.2) is 0 Å². The van der Waals surface area contributed by atoms with E-state index in [1.165, 1.54) is 33.4 Å². The highest BCUT2D eigenvalue weighted by atomic mass is 16.5. The van der Waals surface area contributed by atoms with E-state index in [2.05, 4.69) is 66.7 Å². The first-order valence-corrected chi connectivity index (χ1v) is 7.72. The van der Waals surface area contributed by atoms with Crippen LogP contribution in [0.25, 0.3) is 11.1 Å². The third-order valence-electron chi connectivity index (χ3n) is 4.32. The van der Waals surface area contributed by atoms with Crippen molar-refractivity contribution in [3.8, 4) is 11.1 Å². The highest BCUT2D eigenvalue weighted by molar-refractivity contribution is 5.77. The van der Waals surface area contributed by atoms with E-state index in [1.807, 2.05) is 6.07 Å². The second-order valence-electron chi connectivity index (χ2n) is 5.76. The normalized spacial score (nSPS) is 12.0. The summed E-state index contributed by atoms with van der Waals surface area (Å²) >= 11 is 0. The molecule has 1 aliphatic carbocycles. The maximum Gasteiger partial charge on any atom is 0.0724 e. The van der Waals surface area contributed by atoms with Crippen molar-refractivity contribution in [1.29, 1.82) is 0 Å². The fraction of sp³-hybridized carbons (Fsp3) is 0.143. The maximum atomic E-state index is 5.93. The summed E-state index contributed by atoms with van der Waals surface area (Å²) in [5, 5.41) is 0. The molecule has 1 nitrogen and oxygen atoms in total. The molecule has 0 unspecified atom stereocenters. The number of hydrogen-bond acceptors (Lipinski definition) is 1. The molecule has 22 heavy (non-hydrogen) atoms. The van der Waals surface area contributed by atoms with Crippen LogP contribution in [-0.4, -0.2) is 0 Å². The summed E-state index contributed by atoms with van der Waals surface area (Å²) in [6.45, 7) is 1.34. The van der Waals surface area contributed by atoms with Gasteiger partial charge in [0, 0.05) is 0 Å². The quantitative estimate of drug-likeness (QED) is 0.514. The zero-order valence-electron chi connectivity index (χ0n) is 12.5. The van der Waals surface area contributed by atoms with Crippen LogP contribution in [-0.2, 0) is 24.4 Å². The molecule has 0 atom stereocenters.